The topological polar surface area (TPSA) is 32.3 Å². The van der Waals surface area contributed by atoms with Crippen molar-refractivity contribution < 1.29 is 4.79 Å². The smallest absolute Gasteiger partial charge is 0.226 e. The Kier molecular flexibility index (Phi) is 6.05. The van der Waals surface area contributed by atoms with Gasteiger partial charge in [0.05, 0.1) is 6.42 Å². The van der Waals surface area contributed by atoms with Crippen molar-refractivity contribution in [1.29, 1.82) is 0 Å². The number of likely N-dealkylation sites (tertiary alicyclic amines) is 1. The van der Waals surface area contributed by atoms with E-state index >= 15 is 0 Å². The van der Waals surface area contributed by atoms with E-state index in [1.165, 1.54) is 6.42 Å². The molecule has 1 aromatic rings. The van der Waals surface area contributed by atoms with Crippen molar-refractivity contribution in [3.63, 3.8) is 0 Å². The summed E-state index contributed by atoms with van der Waals surface area (Å²) in [6.07, 6.45) is 4.03. The predicted molar refractivity (Wildman–Crippen MR) is 85.7 cm³/mol. The van der Waals surface area contributed by atoms with Crippen LogP contribution < -0.4 is 5.32 Å². The molecule has 0 aromatic heterocycles. The highest BCUT2D eigenvalue weighted by Gasteiger charge is 2.22. The number of amides is 1. The molecule has 1 fully saturated rings. The minimum atomic E-state index is 0.259. The third kappa shape index (κ3) is 4.60. The monoisotopic (exact) mass is 338 g/mol. The molecule has 1 amide bonds. The minimum Gasteiger partial charge on any atom is -0.342 e. The van der Waals surface area contributed by atoms with Gasteiger partial charge >= 0.3 is 0 Å². The van der Waals surface area contributed by atoms with Gasteiger partial charge in [0.25, 0.3) is 0 Å². The second-order valence-electron chi connectivity index (χ2n) is 5.52. The number of halogens is 1. The van der Waals surface area contributed by atoms with Crippen LogP contribution in [0.3, 0.4) is 0 Å². The van der Waals surface area contributed by atoms with E-state index in [2.05, 4.69) is 21.2 Å². The fourth-order valence-electron chi connectivity index (χ4n) is 2.75. The molecule has 4 heteroatoms. The van der Waals surface area contributed by atoms with Crippen LogP contribution in [0.15, 0.2) is 28.7 Å². The van der Waals surface area contributed by atoms with Crippen LogP contribution in [0.25, 0.3) is 0 Å². The average molecular weight is 339 g/mol. The first-order valence-corrected chi connectivity index (χ1v) is 8.15. The fraction of sp³-hybridized carbons (Fsp3) is 0.562. The maximum absolute atomic E-state index is 12.3. The van der Waals surface area contributed by atoms with E-state index in [9.17, 15) is 4.79 Å². The fourth-order valence-corrected chi connectivity index (χ4v) is 3.20. The number of nitrogens with zero attached hydrogens (tertiary/aromatic N) is 1. The summed E-state index contributed by atoms with van der Waals surface area (Å²) in [5.74, 6) is 1.03. The Bertz CT molecular complexity index is 442. The number of carbonyl (C=O) groups excluding carboxylic acids is 1. The Hall–Kier alpha value is -0.870. The van der Waals surface area contributed by atoms with Gasteiger partial charge in [-0.15, -0.1) is 0 Å². The molecule has 0 unspecified atom stereocenters. The predicted octanol–water partition coefficient (Wildman–Crippen LogP) is 2.84. The van der Waals surface area contributed by atoms with E-state index < -0.39 is 0 Å². The first-order chi connectivity index (χ1) is 9.69. The van der Waals surface area contributed by atoms with Gasteiger partial charge in [0, 0.05) is 17.6 Å². The Morgan fingerprint density at radius 2 is 2.15 bits per heavy atom. The van der Waals surface area contributed by atoms with Crippen molar-refractivity contribution in [3.8, 4) is 0 Å². The SMILES string of the molecule is CNCCC1CCN(C(=O)Cc2cccc(Br)c2)CC1. The van der Waals surface area contributed by atoms with Gasteiger partial charge in [-0.25, -0.2) is 0 Å². The molecule has 1 saturated heterocycles. The number of benzene rings is 1. The standard InChI is InChI=1S/C16H23BrN2O/c1-18-8-5-13-6-9-19(10-7-13)16(20)12-14-3-2-4-15(17)11-14/h2-4,11,13,18H,5-10,12H2,1H3. The van der Waals surface area contributed by atoms with E-state index in [1.807, 2.05) is 36.2 Å². The van der Waals surface area contributed by atoms with Crippen LogP contribution in [0.5, 0.6) is 0 Å². The Morgan fingerprint density at radius 3 is 2.80 bits per heavy atom. The summed E-state index contributed by atoms with van der Waals surface area (Å²) in [6.45, 7) is 2.92. The summed E-state index contributed by atoms with van der Waals surface area (Å²) in [7, 11) is 2.00. The van der Waals surface area contributed by atoms with E-state index in [-0.39, 0.29) is 5.91 Å². The minimum absolute atomic E-state index is 0.259. The lowest BCUT2D eigenvalue weighted by atomic mass is 9.93. The quantitative estimate of drug-likeness (QED) is 0.895. The van der Waals surface area contributed by atoms with Gasteiger partial charge in [-0.1, -0.05) is 28.1 Å². The van der Waals surface area contributed by atoms with Crippen LogP contribution in [0.1, 0.15) is 24.8 Å². The van der Waals surface area contributed by atoms with Crippen molar-refractivity contribution in [3.05, 3.63) is 34.3 Å². The molecule has 1 heterocycles. The van der Waals surface area contributed by atoms with E-state index in [4.69, 9.17) is 0 Å². The number of rotatable bonds is 5. The van der Waals surface area contributed by atoms with Gasteiger partial charge in [-0.2, -0.15) is 0 Å². The lowest BCUT2D eigenvalue weighted by Crippen LogP contribution is -2.39. The van der Waals surface area contributed by atoms with Crippen molar-refractivity contribution in [2.24, 2.45) is 5.92 Å². The molecule has 20 heavy (non-hydrogen) atoms. The molecule has 1 aromatic carbocycles. The third-order valence-corrected chi connectivity index (χ3v) is 4.51. The summed E-state index contributed by atoms with van der Waals surface area (Å²) in [4.78, 5) is 14.3. The lowest BCUT2D eigenvalue weighted by molar-refractivity contribution is -0.131. The van der Waals surface area contributed by atoms with Gasteiger partial charge in [-0.05, 0) is 56.5 Å². The van der Waals surface area contributed by atoms with E-state index in [1.54, 1.807) is 0 Å². The Morgan fingerprint density at radius 1 is 1.40 bits per heavy atom. The zero-order valence-corrected chi connectivity index (χ0v) is 13.7. The van der Waals surface area contributed by atoms with Crippen LogP contribution in [-0.2, 0) is 11.2 Å². The summed E-state index contributed by atoms with van der Waals surface area (Å²) in [5.41, 5.74) is 1.08. The van der Waals surface area contributed by atoms with E-state index in [0.29, 0.717) is 6.42 Å². The summed E-state index contributed by atoms with van der Waals surface area (Å²) in [5, 5.41) is 3.20. The first kappa shape index (κ1) is 15.5. The highest BCUT2D eigenvalue weighted by molar-refractivity contribution is 9.10. The molecule has 3 nitrogen and oxygen atoms in total. The molecule has 1 N–H and O–H groups in total. The zero-order chi connectivity index (χ0) is 14.4. The van der Waals surface area contributed by atoms with Crippen LogP contribution >= 0.6 is 15.9 Å². The van der Waals surface area contributed by atoms with Gasteiger partial charge in [-0.3, -0.25) is 4.79 Å². The van der Waals surface area contributed by atoms with Gasteiger partial charge in [0.15, 0.2) is 0 Å². The molecule has 0 atom stereocenters. The third-order valence-electron chi connectivity index (χ3n) is 4.01. The van der Waals surface area contributed by atoms with Crippen molar-refractivity contribution in [2.45, 2.75) is 25.7 Å². The summed E-state index contributed by atoms with van der Waals surface area (Å²) >= 11 is 3.45. The molecule has 2 rings (SSSR count). The van der Waals surface area contributed by atoms with Crippen LogP contribution in [0.4, 0.5) is 0 Å². The maximum Gasteiger partial charge on any atom is 0.226 e. The van der Waals surface area contributed by atoms with Crippen LogP contribution in [0, 0.1) is 5.92 Å². The molecule has 1 aliphatic heterocycles. The van der Waals surface area contributed by atoms with Crippen molar-refractivity contribution in [2.75, 3.05) is 26.7 Å². The molecule has 0 bridgehead atoms. The molecule has 0 radical (unpaired) electrons. The molecule has 1 aliphatic rings. The zero-order valence-electron chi connectivity index (χ0n) is 12.1. The number of piperidine rings is 1. The molecular formula is C16H23BrN2O. The Labute approximate surface area is 129 Å². The van der Waals surface area contributed by atoms with E-state index in [0.717, 1.165) is 48.4 Å². The molecule has 0 spiro atoms. The van der Waals surface area contributed by atoms with Crippen molar-refractivity contribution >= 4 is 21.8 Å². The number of hydrogen-bond donors (Lipinski definition) is 1. The van der Waals surface area contributed by atoms with Gasteiger partial charge in [0.2, 0.25) is 5.91 Å². The molecule has 0 saturated carbocycles. The summed E-state index contributed by atoms with van der Waals surface area (Å²) < 4.78 is 1.04. The second-order valence-corrected chi connectivity index (χ2v) is 6.44. The van der Waals surface area contributed by atoms with Gasteiger partial charge < -0.3 is 10.2 Å². The number of carbonyl (C=O) groups is 1. The highest BCUT2D eigenvalue weighted by Crippen LogP contribution is 2.21. The normalized spacial score (nSPS) is 16.4. The van der Waals surface area contributed by atoms with Crippen LogP contribution in [0.2, 0.25) is 0 Å². The summed E-state index contributed by atoms with van der Waals surface area (Å²) in [6, 6.07) is 8.01. The molecular weight excluding hydrogens is 316 g/mol. The number of hydrogen-bond acceptors (Lipinski definition) is 2. The van der Waals surface area contributed by atoms with Gasteiger partial charge in [0.1, 0.15) is 0 Å². The molecule has 0 aliphatic carbocycles. The van der Waals surface area contributed by atoms with Crippen molar-refractivity contribution in [1.82, 2.24) is 10.2 Å². The van der Waals surface area contributed by atoms with Crippen LogP contribution in [-0.4, -0.2) is 37.5 Å². The highest BCUT2D eigenvalue weighted by atomic mass is 79.9. The second kappa shape index (κ2) is 7.79. The lowest BCUT2D eigenvalue weighted by Gasteiger charge is -2.32. The first-order valence-electron chi connectivity index (χ1n) is 7.36. The number of nitrogens with one attached hydrogen (secondary N) is 1. The molecule has 110 valence electrons. The maximum atomic E-state index is 12.3. The Balaban J connectivity index is 1.80. The largest absolute Gasteiger partial charge is 0.342 e. The average Bonchev–Trinajstić information content (AvgIpc) is 2.45.